The van der Waals surface area contributed by atoms with Gasteiger partial charge in [0.05, 0.1) is 5.52 Å². The summed E-state index contributed by atoms with van der Waals surface area (Å²) in [5.41, 5.74) is 2.63. The van der Waals surface area contributed by atoms with Crippen molar-refractivity contribution in [2.45, 2.75) is 25.3 Å². The van der Waals surface area contributed by atoms with E-state index >= 15 is 0 Å². The molecule has 0 radical (unpaired) electrons. The van der Waals surface area contributed by atoms with E-state index in [9.17, 15) is 0 Å². The molecule has 1 aromatic heterocycles. The molecule has 2 heterocycles. The van der Waals surface area contributed by atoms with Gasteiger partial charge < -0.3 is 5.32 Å². The van der Waals surface area contributed by atoms with Crippen molar-refractivity contribution >= 4 is 26.8 Å². The van der Waals surface area contributed by atoms with Crippen LogP contribution in [0.5, 0.6) is 0 Å². The normalized spacial score (nSPS) is 20.9. The van der Waals surface area contributed by atoms with Gasteiger partial charge >= 0.3 is 0 Å². The van der Waals surface area contributed by atoms with Gasteiger partial charge in [-0.1, -0.05) is 24.6 Å². The highest BCUT2D eigenvalue weighted by Gasteiger charge is 2.19. The monoisotopic (exact) mass is 293 g/mol. The van der Waals surface area contributed by atoms with E-state index in [1.807, 2.05) is 11.7 Å². The van der Waals surface area contributed by atoms with Crippen molar-refractivity contribution in [3.05, 3.63) is 28.4 Å². The summed E-state index contributed by atoms with van der Waals surface area (Å²) in [6.07, 6.45) is 3.83. The number of aromatic nitrogens is 2. The van der Waals surface area contributed by atoms with Crippen molar-refractivity contribution in [3.8, 4) is 0 Å². The fourth-order valence-corrected chi connectivity index (χ4v) is 3.28. The summed E-state index contributed by atoms with van der Waals surface area (Å²) >= 11 is 3.52. The van der Waals surface area contributed by atoms with Gasteiger partial charge in [0.15, 0.2) is 0 Å². The van der Waals surface area contributed by atoms with Gasteiger partial charge in [-0.05, 0) is 40.9 Å². The Morgan fingerprint density at radius 1 is 1.41 bits per heavy atom. The number of halogens is 1. The van der Waals surface area contributed by atoms with Crippen LogP contribution in [0.25, 0.3) is 10.9 Å². The fourth-order valence-electron chi connectivity index (χ4n) is 2.72. The minimum Gasteiger partial charge on any atom is -0.310 e. The third-order valence-electron chi connectivity index (χ3n) is 3.54. The number of hydrogen-bond donors (Lipinski definition) is 1. The molecule has 2 aromatic rings. The quantitative estimate of drug-likeness (QED) is 0.875. The minimum atomic E-state index is 0.481. The maximum Gasteiger partial charge on any atom is 0.135 e. The molecule has 1 saturated heterocycles. The number of rotatable bonds is 1. The van der Waals surface area contributed by atoms with Gasteiger partial charge in [-0.3, -0.25) is 4.68 Å². The highest BCUT2D eigenvalue weighted by Crippen LogP contribution is 2.32. The second kappa shape index (κ2) is 4.42. The van der Waals surface area contributed by atoms with E-state index in [1.54, 1.807) is 0 Å². The molecule has 0 spiro atoms. The van der Waals surface area contributed by atoms with E-state index in [2.05, 4.69) is 44.5 Å². The predicted molar refractivity (Wildman–Crippen MR) is 73.0 cm³/mol. The smallest absolute Gasteiger partial charge is 0.135 e. The fraction of sp³-hybridized carbons (Fsp3) is 0.462. The largest absolute Gasteiger partial charge is 0.310 e. The number of piperidine rings is 1. The molecule has 1 aliphatic rings. The second-order valence-corrected chi connectivity index (χ2v) is 5.41. The molecule has 1 aliphatic heterocycles. The Labute approximate surface area is 109 Å². The van der Waals surface area contributed by atoms with E-state index in [4.69, 9.17) is 0 Å². The molecule has 0 saturated carbocycles. The number of aryl methyl sites for hydroxylation is 1. The SMILES string of the molecule is Cn1nc(Br)c2cccc(C3CCCCN3)c21. The Kier molecular flexibility index (Phi) is 2.92. The van der Waals surface area contributed by atoms with Gasteiger partial charge in [-0.2, -0.15) is 5.10 Å². The van der Waals surface area contributed by atoms with Crippen molar-refractivity contribution in [3.63, 3.8) is 0 Å². The molecule has 3 nitrogen and oxygen atoms in total. The van der Waals surface area contributed by atoms with E-state index in [-0.39, 0.29) is 0 Å². The van der Waals surface area contributed by atoms with Crippen LogP contribution in [0.4, 0.5) is 0 Å². The van der Waals surface area contributed by atoms with Crippen molar-refractivity contribution in [1.82, 2.24) is 15.1 Å². The number of nitrogens with zero attached hydrogens (tertiary/aromatic N) is 2. The van der Waals surface area contributed by atoms with Crippen molar-refractivity contribution in [1.29, 1.82) is 0 Å². The first-order chi connectivity index (χ1) is 8.27. The van der Waals surface area contributed by atoms with Crippen LogP contribution in [0.3, 0.4) is 0 Å². The molecule has 1 unspecified atom stereocenters. The van der Waals surface area contributed by atoms with Crippen LogP contribution in [0.1, 0.15) is 30.9 Å². The van der Waals surface area contributed by atoms with Crippen LogP contribution in [-0.2, 0) is 7.05 Å². The summed E-state index contributed by atoms with van der Waals surface area (Å²) in [5, 5.41) is 9.26. The van der Waals surface area contributed by atoms with Crippen molar-refractivity contribution in [2.75, 3.05) is 6.54 Å². The number of benzene rings is 1. The zero-order valence-corrected chi connectivity index (χ0v) is 11.5. The molecule has 0 bridgehead atoms. The lowest BCUT2D eigenvalue weighted by molar-refractivity contribution is 0.413. The Bertz CT molecular complexity index is 541. The minimum absolute atomic E-state index is 0.481. The molecule has 3 rings (SSSR count). The lowest BCUT2D eigenvalue weighted by atomic mass is 9.96. The van der Waals surface area contributed by atoms with Crippen molar-refractivity contribution in [2.24, 2.45) is 7.05 Å². The molecule has 0 aliphatic carbocycles. The predicted octanol–water partition coefficient (Wildman–Crippen LogP) is 3.15. The van der Waals surface area contributed by atoms with Crippen LogP contribution in [0, 0.1) is 0 Å². The molecule has 0 amide bonds. The van der Waals surface area contributed by atoms with Gasteiger partial charge in [0.1, 0.15) is 4.60 Å². The Balaban J connectivity index is 2.15. The zero-order valence-electron chi connectivity index (χ0n) is 9.91. The first-order valence-corrected chi connectivity index (χ1v) is 6.91. The summed E-state index contributed by atoms with van der Waals surface area (Å²) in [6.45, 7) is 1.13. The van der Waals surface area contributed by atoms with Gasteiger partial charge in [0.25, 0.3) is 0 Å². The molecule has 1 aromatic carbocycles. The third-order valence-corrected chi connectivity index (χ3v) is 4.12. The standard InChI is InChI=1S/C13H16BrN3/c1-17-12-9(11-7-2-3-8-15-11)5-4-6-10(12)13(14)16-17/h4-6,11,15H,2-3,7-8H2,1H3. The molecule has 1 N–H and O–H groups in total. The Morgan fingerprint density at radius 2 is 2.29 bits per heavy atom. The van der Waals surface area contributed by atoms with E-state index in [0.717, 1.165) is 11.1 Å². The molecule has 1 fully saturated rings. The van der Waals surface area contributed by atoms with Crippen LogP contribution in [0.15, 0.2) is 22.8 Å². The number of para-hydroxylation sites is 1. The van der Waals surface area contributed by atoms with Gasteiger partial charge in [-0.15, -0.1) is 0 Å². The maximum atomic E-state index is 4.45. The lowest BCUT2D eigenvalue weighted by Crippen LogP contribution is -2.27. The number of nitrogens with one attached hydrogen (secondary N) is 1. The second-order valence-electron chi connectivity index (χ2n) is 4.66. The summed E-state index contributed by atoms with van der Waals surface area (Å²) in [6, 6.07) is 6.95. The molecule has 4 heteroatoms. The average Bonchev–Trinajstić information content (AvgIpc) is 2.66. The molecule has 90 valence electrons. The lowest BCUT2D eigenvalue weighted by Gasteiger charge is -2.24. The first kappa shape index (κ1) is 11.2. The molecule has 17 heavy (non-hydrogen) atoms. The van der Waals surface area contributed by atoms with Gasteiger partial charge in [0, 0.05) is 18.5 Å². The molecular formula is C13H16BrN3. The summed E-state index contributed by atoms with van der Waals surface area (Å²) in [4.78, 5) is 0. The van der Waals surface area contributed by atoms with Gasteiger partial charge in [0.2, 0.25) is 0 Å². The van der Waals surface area contributed by atoms with Crippen LogP contribution in [-0.4, -0.2) is 16.3 Å². The molecule has 1 atom stereocenters. The third kappa shape index (κ3) is 1.89. The summed E-state index contributed by atoms with van der Waals surface area (Å²) < 4.78 is 2.91. The topological polar surface area (TPSA) is 29.9 Å². The van der Waals surface area contributed by atoms with Crippen LogP contribution >= 0.6 is 15.9 Å². The highest BCUT2D eigenvalue weighted by atomic mass is 79.9. The van der Waals surface area contributed by atoms with Crippen LogP contribution < -0.4 is 5.32 Å². The van der Waals surface area contributed by atoms with E-state index < -0.39 is 0 Å². The Morgan fingerprint density at radius 3 is 3.06 bits per heavy atom. The number of hydrogen-bond acceptors (Lipinski definition) is 2. The summed E-state index contributed by atoms with van der Waals surface area (Å²) in [5.74, 6) is 0. The number of fused-ring (bicyclic) bond motifs is 1. The van der Waals surface area contributed by atoms with Crippen LogP contribution in [0.2, 0.25) is 0 Å². The molecular weight excluding hydrogens is 278 g/mol. The van der Waals surface area contributed by atoms with E-state index in [0.29, 0.717) is 6.04 Å². The van der Waals surface area contributed by atoms with Gasteiger partial charge in [-0.25, -0.2) is 0 Å². The van der Waals surface area contributed by atoms with Crippen molar-refractivity contribution < 1.29 is 0 Å². The highest BCUT2D eigenvalue weighted by molar-refractivity contribution is 9.10. The summed E-state index contributed by atoms with van der Waals surface area (Å²) in [7, 11) is 2.01. The maximum absolute atomic E-state index is 4.45. The first-order valence-electron chi connectivity index (χ1n) is 6.12. The van der Waals surface area contributed by atoms with E-state index in [1.165, 1.54) is 35.7 Å². The zero-order chi connectivity index (χ0) is 11.8. The average molecular weight is 294 g/mol. The Hall–Kier alpha value is -0.870.